The van der Waals surface area contributed by atoms with E-state index in [9.17, 15) is 0 Å². The van der Waals surface area contributed by atoms with E-state index < -0.39 is 0 Å². The van der Waals surface area contributed by atoms with Gasteiger partial charge >= 0.3 is 0 Å². The maximum Gasteiger partial charge on any atom is 0.0991 e. The highest BCUT2D eigenvalue weighted by Crippen LogP contribution is 2.12. The van der Waals surface area contributed by atoms with Crippen molar-refractivity contribution in [3.8, 4) is 6.07 Å². The molecular formula is C19H27N3O2. The zero-order valence-electron chi connectivity index (χ0n) is 14.3. The van der Waals surface area contributed by atoms with Gasteiger partial charge in [-0.15, -0.1) is 0 Å². The Morgan fingerprint density at radius 3 is 2.54 bits per heavy atom. The molecule has 2 fully saturated rings. The molecule has 0 spiro atoms. The summed E-state index contributed by atoms with van der Waals surface area (Å²) in [6, 6.07) is 10.1. The Labute approximate surface area is 144 Å². The van der Waals surface area contributed by atoms with Gasteiger partial charge in [-0.3, -0.25) is 9.80 Å². The van der Waals surface area contributed by atoms with Crippen LogP contribution in [-0.2, 0) is 16.0 Å². The van der Waals surface area contributed by atoms with Crippen molar-refractivity contribution in [2.24, 2.45) is 0 Å². The van der Waals surface area contributed by atoms with Crippen molar-refractivity contribution in [1.29, 1.82) is 5.26 Å². The highest BCUT2D eigenvalue weighted by molar-refractivity contribution is 5.31. The van der Waals surface area contributed by atoms with Gasteiger partial charge in [-0.05, 0) is 30.5 Å². The summed E-state index contributed by atoms with van der Waals surface area (Å²) < 4.78 is 11.3. The van der Waals surface area contributed by atoms with Crippen molar-refractivity contribution in [1.82, 2.24) is 9.80 Å². The van der Waals surface area contributed by atoms with Gasteiger partial charge in [-0.25, -0.2) is 0 Å². The third kappa shape index (κ3) is 5.29. The van der Waals surface area contributed by atoms with Crippen LogP contribution < -0.4 is 0 Å². The van der Waals surface area contributed by atoms with Gasteiger partial charge < -0.3 is 9.47 Å². The lowest BCUT2D eigenvalue weighted by Gasteiger charge is -2.34. The monoisotopic (exact) mass is 329 g/mol. The Morgan fingerprint density at radius 2 is 1.88 bits per heavy atom. The molecule has 130 valence electrons. The summed E-state index contributed by atoms with van der Waals surface area (Å²) in [4.78, 5) is 4.95. The first-order valence-corrected chi connectivity index (χ1v) is 8.96. The maximum atomic E-state index is 8.85. The lowest BCUT2D eigenvalue weighted by Crippen LogP contribution is -2.46. The molecule has 0 aromatic heterocycles. The Morgan fingerprint density at radius 1 is 1.12 bits per heavy atom. The molecule has 1 aromatic carbocycles. The molecule has 0 unspecified atom stereocenters. The van der Waals surface area contributed by atoms with Crippen molar-refractivity contribution in [3.05, 3.63) is 35.4 Å². The fourth-order valence-corrected chi connectivity index (χ4v) is 3.30. The van der Waals surface area contributed by atoms with Gasteiger partial charge in [0.15, 0.2) is 0 Å². The molecule has 0 amide bonds. The molecule has 3 rings (SSSR count). The summed E-state index contributed by atoms with van der Waals surface area (Å²) in [5.41, 5.74) is 2.01. The molecule has 2 heterocycles. The number of piperazine rings is 1. The van der Waals surface area contributed by atoms with Crippen molar-refractivity contribution in [2.75, 3.05) is 52.5 Å². The van der Waals surface area contributed by atoms with E-state index in [0.29, 0.717) is 6.10 Å². The van der Waals surface area contributed by atoms with Gasteiger partial charge in [0.25, 0.3) is 0 Å². The van der Waals surface area contributed by atoms with E-state index in [1.807, 2.05) is 12.1 Å². The second kappa shape index (κ2) is 9.14. The number of benzene rings is 1. The van der Waals surface area contributed by atoms with Crippen LogP contribution in [0.4, 0.5) is 0 Å². The molecule has 0 aliphatic carbocycles. The summed E-state index contributed by atoms with van der Waals surface area (Å²) >= 11 is 0. The normalized spacial score (nSPS) is 22.5. The summed E-state index contributed by atoms with van der Waals surface area (Å²) in [7, 11) is 0. The summed E-state index contributed by atoms with van der Waals surface area (Å²) in [6.45, 7) is 8.80. The molecular weight excluding hydrogens is 302 g/mol. The minimum absolute atomic E-state index is 0.328. The lowest BCUT2D eigenvalue weighted by atomic mass is 10.1. The number of hydrogen-bond donors (Lipinski definition) is 0. The van der Waals surface area contributed by atoms with Gasteiger partial charge in [-0.1, -0.05) is 12.1 Å². The average Bonchev–Trinajstić information content (AvgIpc) is 3.14. The SMILES string of the molecule is N#Cc1ccc(CN2CCN(CCOC[C@H]3CCCO3)CC2)cc1. The van der Waals surface area contributed by atoms with Gasteiger partial charge in [0.05, 0.1) is 31.0 Å². The lowest BCUT2D eigenvalue weighted by molar-refractivity contribution is 0.00611. The third-order valence-electron chi connectivity index (χ3n) is 4.83. The molecule has 1 aromatic rings. The summed E-state index contributed by atoms with van der Waals surface area (Å²) in [5.74, 6) is 0. The van der Waals surface area contributed by atoms with E-state index in [1.165, 1.54) is 12.0 Å². The van der Waals surface area contributed by atoms with Gasteiger partial charge in [0, 0.05) is 45.9 Å². The number of nitrogens with zero attached hydrogens (tertiary/aromatic N) is 3. The minimum Gasteiger partial charge on any atom is -0.377 e. The second-order valence-corrected chi connectivity index (χ2v) is 6.64. The van der Waals surface area contributed by atoms with Crippen LogP contribution in [0.5, 0.6) is 0 Å². The van der Waals surface area contributed by atoms with Gasteiger partial charge in [-0.2, -0.15) is 5.26 Å². The first-order chi connectivity index (χ1) is 11.8. The molecule has 0 bridgehead atoms. The van der Waals surface area contributed by atoms with E-state index in [2.05, 4.69) is 28.0 Å². The predicted octanol–water partition coefficient (Wildman–Crippen LogP) is 1.87. The molecule has 0 radical (unpaired) electrons. The van der Waals surface area contributed by atoms with Crippen LogP contribution in [-0.4, -0.2) is 68.4 Å². The second-order valence-electron chi connectivity index (χ2n) is 6.64. The predicted molar refractivity (Wildman–Crippen MR) is 92.7 cm³/mol. The Kier molecular flexibility index (Phi) is 6.62. The first kappa shape index (κ1) is 17.4. The zero-order valence-corrected chi connectivity index (χ0v) is 14.3. The molecule has 0 N–H and O–H groups in total. The molecule has 5 nitrogen and oxygen atoms in total. The van der Waals surface area contributed by atoms with E-state index in [1.54, 1.807) is 0 Å². The molecule has 2 saturated heterocycles. The number of rotatable bonds is 7. The smallest absolute Gasteiger partial charge is 0.0991 e. The minimum atomic E-state index is 0.328. The van der Waals surface area contributed by atoms with Gasteiger partial charge in [0.2, 0.25) is 0 Å². The fourth-order valence-electron chi connectivity index (χ4n) is 3.30. The van der Waals surface area contributed by atoms with E-state index in [-0.39, 0.29) is 0 Å². The Balaban J connectivity index is 1.29. The summed E-state index contributed by atoms with van der Waals surface area (Å²) in [5, 5.41) is 8.85. The topological polar surface area (TPSA) is 48.7 Å². The molecule has 2 aliphatic rings. The first-order valence-electron chi connectivity index (χ1n) is 8.96. The maximum absolute atomic E-state index is 8.85. The highest BCUT2D eigenvalue weighted by atomic mass is 16.5. The fraction of sp³-hybridized carbons (Fsp3) is 0.632. The Bertz CT molecular complexity index is 527. The number of ether oxygens (including phenoxy) is 2. The van der Waals surface area contributed by atoms with Crippen LogP contribution in [0.15, 0.2) is 24.3 Å². The zero-order chi connectivity index (χ0) is 16.6. The molecule has 1 atom stereocenters. The van der Waals surface area contributed by atoms with Crippen molar-refractivity contribution in [2.45, 2.75) is 25.5 Å². The van der Waals surface area contributed by atoms with E-state index in [4.69, 9.17) is 14.7 Å². The van der Waals surface area contributed by atoms with Crippen molar-refractivity contribution >= 4 is 0 Å². The van der Waals surface area contributed by atoms with Crippen LogP contribution in [0.1, 0.15) is 24.0 Å². The standard InChI is InChI=1S/C19H27N3O2/c20-14-17-3-5-18(6-4-17)15-22-9-7-21(8-10-22)11-13-23-16-19-2-1-12-24-19/h3-6,19H,1-2,7-13,15-16H2/t19-/m1/s1. The van der Waals surface area contributed by atoms with Crippen LogP contribution >= 0.6 is 0 Å². The van der Waals surface area contributed by atoms with Crippen LogP contribution in [0.3, 0.4) is 0 Å². The number of hydrogen-bond acceptors (Lipinski definition) is 5. The average molecular weight is 329 g/mol. The van der Waals surface area contributed by atoms with Crippen LogP contribution in [0.25, 0.3) is 0 Å². The molecule has 24 heavy (non-hydrogen) atoms. The highest BCUT2D eigenvalue weighted by Gasteiger charge is 2.18. The van der Waals surface area contributed by atoms with Gasteiger partial charge in [0.1, 0.15) is 0 Å². The third-order valence-corrected chi connectivity index (χ3v) is 4.83. The molecule has 2 aliphatic heterocycles. The Hall–Kier alpha value is -1.45. The van der Waals surface area contributed by atoms with Crippen LogP contribution in [0.2, 0.25) is 0 Å². The largest absolute Gasteiger partial charge is 0.377 e. The van der Waals surface area contributed by atoms with E-state index in [0.717, 1.165) is 71.1 Å². The number of nitriles is 1. The van der Waals surface area contributed by atoms with Crippen molar-refractivity contribution < 1.29 is 9.47 Å². The molecule has 0 saturated carbocycles. The molecule has 5 heteroatoms. The van der Waals surface area contributed by atoms with E-state index >= 15 is 0 Å². The van der Waals surface area contributed by atoms with Crippen LogP contribution in [0, 0.1) is 11.3 Å². The quantitative estimate of drug-likeness (QED) is 0.715. The summed E-state index contributed by atoms with van der Waals surface area (Å²) in [6.07, 6.45) is 2.65. The van der Waals surface area contributed by atoms with Crippen molar-refractivity contribution in [3.63, 3.8) is 0 Å².